The summed E-state index contributed by atoms with van der Waals surface area (Å²) in [5, 5.41) is 2.29. The molecule has 146 valence electrons. The highest BCUT2D eigenvalue weighted by atomic mass is 15.0. The molecule has 6 aromatic rings. The highest BCUT2D eigenvalue weighted by molar-refractivity contribution is 6.13. The van der Waals surface area contributed by atoms with Gasteiger partial charge in [0.2, 0.25) is 0 Å². The Morgan fingerprint density at radius 3 is 1.68 bits per heavy atom. The van der Waals surface area contributed by atoms with Crippen molar-refractivity contribution in [3.8, 4) is 34.2 Å². The van der Waals surface area contributed by atoms with Gasteiger partial charge >= 0.3 is 0 Å². The second-order valence-corrected chi connectivity index (χ2v) is 7.44. The smallest absolute Gasteiger partial charge is 0.164 e. The van der Waals surface area contributed by atoms with E-state index in [-0.39, 0.29) is 0 Å². The molecular weight excluding hydrogens is 380 g/mol. The van der Waals surface area contributed by atoms with Gasteiger partial charge in [0.25, 0.3) is 0 Å². The number of aromatic amines is 1. The Kier molecular flexibility index (Phi) is 4.06. The van der Waals surface area contributed by atoms with Crippen molar-refractivity contribution < 1.29 is 0 Å². The molecule has 2 heterocycles. The zero-order valence-electron chi connectivity index (χ0n) is 16.7. The van der Waals surface area contributed by atoms with Gasteiger partial charge in [0, 0.05) is 38.5 Å². The molecule has 0 radical (unpaired) electrons. The van der Waals surface area contributed by atoms with E-state index >= 15 is 0 Å². The predicted molar refractivity (Wildman–Crippen MR) is 125 cm³/mol. The number of nitrogens with one attached hydrogen (secondary N) is 1. The van der Waals surface area contributed by atoms with E-state index < -0.39 is 0 Å². The zero-order chi connectivity index (χ0) is 20.6. The fourth-order valence-corrected chi connectivity index (χ4v) is 4.02. The Hall–Kier alpha value is -4.31. The Morgan fingerprint density at radius 1 is 0.452 bits per heavy atom. The molecular formula is C27H18N4. The molecule has 0 aliphatic carbocycles. The number of fused-ring (bicyclic) bond motifs is 3. The Labute approximate surface area is 179 Å². The maximum Gasteiger partial charge on any atom is 0.164 e. The molecule has 0 fully saturated rings. The standard InChI is InChI=1S/C27H18N4/c1-3-10-18(11-4-1)25-29-26(19-12-5-2-6-13-19)31-27(30-25)21-15-9-17-23-24(21)20-14-7-8-16-22(20)28-23/h1-17,28H. The fraction of sp³-hybridized carbons (Fsp3) is 0. The van der Waals surface area contributed by atoms with Crippen molar-refractivity contribution in [1.29, 1.82) is 0 Å². The lowest BCUT2D eigenvalue weighted by Gasteiger charge is -2.09. The molecule has 6 rings (SSSR count). The lowest BCUT2D eigenvalue weighted by molar-refractivity contribution is 1.08. The Morgan fingerprint density at radius 2 is 1.00 bits per heavy atom. The van der Waals surface area contributed by atoms with E-state index in [1.165, 1.54) is 0 Å². The monoisotopic (exact) mass is 398 g/mol. The van der Waals surface area contributed by atoms with E-state index in [1.807, 2.05) is 72.8 Å². The summed E-state index contributed by atoms with van der Waals surface area (Å²) in [5.74, 6) is 2.01. The summed E-state index contributed by atoms with van der Waals surface area (Å²) >= 11 is 0. The summed E-state index contributed by atoms with van der Waals surface area (Å²) in [6.07, 6.45) is 0. The molecule has 4 heteroatoms. The number of hydrogen-bond acceptors (Lipinski definition) is 3. The summed E-state index contributed by atoms with van der Waals surface area (Å²) in [6, 6.07) is 34.7. The van der Waals surface area contributed by atoms with E-state index in [0.717, 1.165) is 38.5 Å². The number of hydrogen-bond donors (Lipinski definition) is 1. The number of para-hydroxylation sites is 1. The van der Waals surface area contributed by atoms with Gasteiger partial charge in [-0.05, 0) is 12.1 Å². The molecule has 0 saturated carbocycles. The highest BCUT2D eigenvalue weighted by Gasteiger charge is 2.16. The van der Waals surface area contributed by atoms with Crippen LogP contribution in [0.1, 0.15) is 0 Å². The number of nitrogens with zero attached hydrogens (tertiary/aromatic N) is 3. The van der Waals surface area contributed by atoms with Crippen LogP contribution in [0.5, 0.6) is 0 Å². The summed E-state index contributed by atoms with van der Waals surface area (Å²) in [6.45, 7) is 0. The second-order valence-electron chi connectivity index (χ2n) is 7.44. The van der Waals surface area contributed by atoms with Crippen LogP contribution in [0.15, 0.2) is 103 Å². The largest absolute Gasteiger partial charge is 0.354 e. The lowest BCUT2D eigenvalue weighted by Crippen LogP contribution is -2.00. The number of benzene rings is 4. The molecule has 0 bridgehead atoms. The van der Waals surface area contributed by atoms with Crippen LogP contribution < -0.4 is 0 Å². The first kappa shape index (κ1) is 17.5. The molecule has 31 heavy (non-hydrogen) atoms. The molecule has 0 spiro atoms. The van der Waals surface area contributed by atoms with Gasteiger partial charge in [-0.25, -0.2) is 15.0 Å². The van der Waals surface area contributed by atoms with Crippen LogP contribution in [0.4, 0.5) is 0 Å². The molecule has 0 saturated heterocycles. The average Bonchev–Trinajstić information content (AvgIpc) is 3.24. The third kappa shape index (κ3) is 3.06. The first-order chi connectivity index (χ1) is 15.4. The minimum Gasteiger partial charge on any atom is -0.354 e. The molecule has 2 aromatic heterocycles. The molecule has 1 N–H and O–H groups in total. The van der Waals surface area contributed by atoms with Crippen molar-refractivity contribution >= 4 is 21.8 Å². The van der Waals surface area contributed by atoms with Crippen molar-refractivity contribution in [1.82, 2.24) is 19.9 Å². The molecule has 4 nitrogen and oxygen atoms in total. The van der Waals surface area contributed by atoms with Crippen LogP contribution in [-0.2, 0) is 0 Å². The molecule has 0 aliphatic heterocycles. The maximum atomic E-state index is 4.90. The zero-order valence-corrected chi connectivity index (χ0v) is 16.7. The quantitative estimate of drug-likeness (QED) is 0.370. The van der Waals surface area contributed by atoms with Crippen LogP contribution in [0.25, 0.3) is 56.0 Å². The normalized spacial score (nSPS) is 11.2. The first-order valence-electron chi connectivity index (χ1n) is 10.2. The maximum absolute atomic E-state index is 4.90. The minimum absolute atomic E-state index is 0.668. The van der Waals surface area contributed by atoms with Crippen LogP contribution >= 0.6 is 0 Å². The Balaban J connectivity index is 1.66. The summed E-state index contributed by atoms with van der Waals surface area (Å²) in [4.78, 5) is 18.1. The van der Waals surface area contributed by atoms with Gasteiger partial charge in [-0.2, -0.15) is 0 Å². The van der Waals surface area contributed by atoms with E-state index in [0.29, 0.717) is 17.5 Å². The highest BCUT2D eigenvalue weighted by Crippen LogP contribution is 2.34. The van der Waals surface area contributed by atoms with Crippen LogP contribution in [0.2, 0.25) is 0 Å². The molecule has 0 amide bonds. The Bertz CT molecular complexity index is 1460. The average molecular weight is 398 g/mol. The van der Waals surface area contributed by atoms with E-state index in [4.69, 9.17) is 15.0 Å². The van der Waals surface area contributed by atoms with Crippen LogP contribution in [0.3, 0.4) is 0 Å². The van der Waals surface area contributed by atoms with Crippen molar-refractivity contribution in [3.05, 3.63) is 103 Å². The van der Waals surface area contributed by atoms with Gasteiger partial charge in [0.05, 0.1) is 0 Å². The topological polar surface area (TPSA) is 54.5 Å². The molecule has 4 aromatic carbocycles. The molecule has 0 unspecified atom stereocenters. The van der Waals surface area contributed by atoms with E-state index in [9.17, 15) is 0 Å². The second kappa shape index (κ2) is 7.18. The summed E-state index contributed by atoms with van der Waals surface area (Å²) in [5.41, 5.74) is 5.10. The molecule has 0 aliphatic rings. The minimum atomic E-state index is 0.668. The van der Waals surface area contributed by atoms with Gasteiger partial charge < -0.3 is 4.98 Å². The lowest BCUT2D eigenvalue weighted by atomic mass is 10.1. The van der Waals surface area contributed by atoms with Crippen molar-refractivity contribution in [2.75, 3.05) is 0 Å². The fourth-order valence-electron chi connectivity index (χ4n) is 4.02. The first-order valence-corrected chi connectivity index (χ1v) is 10.2. The number of H-pyrrole nitrogens is 1. The van der Waals surface area contributed by atoms with Crippen molar-refractivity contribution in [3.63, 3.8) is 0 Å². The third-order valence-electron chi connectivity index (χ3n) is 5.47. The van der Waals surface area contributed by atoms with Crippen LogP contribution in [-0.4, -0.2) is 19.9 Å². The van der Waals surface area contributed by atoms with Gasteiger partial charge in [-0.1, -0.05) is 91.0 Å². The summed E-state index contributed by atoms with van der Waals surface area (Å²) in [7, 11) is 0. The van der Waals surface area contributed by atoms with Gasteiger partial charge in [0.1, 0.15) is 0 Å². The SMILES string of the molecule is c1ccc(-c2nc(-c3ccccc3)nc(-c3cccc4[nH]c5ccccc5c34)n2)cc1. The van der Waals surface area contributed by atoms with Crippen molar-refractivity contribution in [2.24, 2.45) is 0 Å². The number of aromatic nitrogens is 4. The van der Waals surface area contributed by atoms with E-state index in [1.54, 1.807) is 0 Å². The molecule has 0 atom stereocenters. The summed E-state index contributed by atoms with van der Waals surface area (Å²) < 4.78 is 0. The van der Waals surface area contributed by atoms with E-state index in [2.05, 4.69) is 35.3 Å². The van der Waals surface area contributed by atoms with Crippen molar-refractivity contribution in [2.45, 2.75) is 0 Å². The van der Waals surface area contributed by atoms with Gasteiger partial charge in [0.15, 0.2) is 17.5 Å². The predicted octanol–water partition coefficient (Wildman–Crippen LogP) is 6.51. The van der Waals surface area contributed by atoms with Crippen LogP contribution in [0, 0.1) is 0 Å². The van der Waals surface area contributed by atoms with Gasteiger partial charge in [-0.15, -0.1) is 0 Å². The van der Waals surface area contributed by atoms with Gasteiger partial charge in [-0.3, -0.25) is 0 Å². The number of rotatable bonds is 3. The third-order valence-corrected chi connectivity index (χ3v) is 5.47.